The highest BCUT2D eigenvalue weighted by Crippen LogP contribution is 2.18. The Morgan fingerprint density at radius 1 is 1.44 bits per heavy atom. The van der Waals surface area contributed by atoms with Crippen molar-refractivity contribution in [1.29, 1.82) is 0 Å². The van der Waals surface area contributed by atoms with E-state index in [2.05, 4.69) is 27.7 Å². The van der Waals surface area contributed by atoms with Crippen LogP contribution in [0.1, 0.15) is 33.6 Å². The van der Waals surface area contributed by atoms with Gasteiger partial charge in [0, 0.05) is 12.8 Å². The van der Waals surface area contributed by atoms with Crippen LogP contribution >= 0.6 is 0 Å². The van der Waals surface area contributed by atoms with E-state index < -0.39 is 0 Å². The molecule has 0 aliphatic rings. The molecule has 0 amide bonds. The van der Waals surface area contributed by atoms with Crippen LogP contribution < -0.4 is 0 Å². The summed E-state index contributed by atoms with van der Waals surface area (Å²) in [5.74, 6) is 0.252. The average molecular weight is 127 g/mol. The van der Waals surface area contributed by atoms with Crippen LogP contribution in [0.15, 0.2) is 0 Å². The summed E-state index contributed by atoms with van der Waals surface area (Å²) in [6, 6.07) is 0. The molecule has 0 aromatic carbocycles. The fourth-order valence-electron chi connectivity index (χ4n) is 0.680. The van der Waals surface area contributed by atoms with Gasteiger partial charge in [-0.2, -0.15) is 0 Å². The second-order valence-electron chi connectivity index (χ2n) is 3.53. The van der Waals surface area contributed by atoms with Gasteiger partial charge in [-0.15, -0.1) is 0 Å². The Balaban J connectivity index is 3.60. The standard InChI is InChI=1S/C8H15O/c1-5-7(9)6-8(2,3)4/h1,5-6H2,2-4H3. The molecule has 1 nitrogen and oxygen atoms in total. The fraction of sp³-hybridized carbons (Fsp3) is 0.750. The monoisotopic (exact) mass is 127 g/mol. The Hall–Kier alpha value is -0.330. The molecule has 9 heavy (non-hydrogen) atoms. The van der Waals surface area contributed by atoms with Crippen molar-refractivity contribution in [2.75, 3.05) is 0 Å². The topological polar surface area (TPSA) is 17.1 Å². The van der Waals surface area contributed by atoms with E-state index in [0.717, 1.165) is 0 Å². The lowest BCUT2D eigenvalue weighted by atomic mass is 9.89. The quantitative estimate of drug-likeness (QED) is 0.556. The zero-order valence-electron chi connectivity index (χ0n) is 6.53. The Morgan fingerprint density at radius 2 is 1.89 bits per heavy atom. The van der Waals surface area contributed by atoms with Crippen molar-refractivity contribution < 1.29 is 4.79 Å². The highest BCUT2D eigenvalue weighted by atomic mass is 16.1. The third kappa shape index (κ3) is 5.54. The Labute approximate surface area is 57.5 Å². The van der Waals surface area contributed by atoms with Crippen molar-refractivity contribution >= 4 is 5.78 Å². The van der Waals surface area contributed by atoms with Crippen molar-refractivity contribution in [3.05, 3.63) is 6.92 Å². The lowest BCUT2D eigenvalue weighted by Gasteiger charge is -2.15. The maximum Gasteiger partial charge on any atom is 0.133 e. The van der Waals surface area contributed by atoms with Gasteiger partial charge in [0.05, 0.1) is 0 Å². The molecule has 0 saturated carbocycles. The first-order chi connectivity index (χ1) is 3.95. The molecule has 0 aromatic heterocycles. The molecule has 1 radical (unpaired) electrons. The summed E-state index contributed by atoms with van der Waals surface area (Å²) >= 11 is 0. The highest BCUT2D eigenvalue weighted by molar-refractivity contribution is 5.79. The molecule has 0 aliphatic heterocycles. The van der Waals surface area contributed by atoms with Gasteiger partial charge in [0.15, 0.2) is 0 Å². The number of Topliss-reactive ketones (excluding diaryl/α,β-unsaturated/α-hetero) is 1. The Morgan fingerprint density at radius 3 is 2.00 bits per heavy atom. The second-order valence-corrected chi connectivity index (χ2v) is 3.53. The molecule has 0 saturated heterocycles. The molecule has 0 unspecified atom stereocenters. The minimum Gasteiger partial charge on any atom is -0.300 e. The first kappa shape index (κ1) is 8.67. The Kier molecular flexibility index (Phi) is 2.89. The van der Waals surface area contributed by atoms with Gasteiger partial charge < -0.3 is 0 Å². The van der Waals surface area contributed by atoms with E-state index in [0.29, 0.717) is 12.8 Å². The predicted octanol–water partition coefficient (Wildman–Crippen LogP) is 2.22. The van der Waals surface area contributed by atoms with Gasteiger partial charge in [-0.1, -0.05) is 20.8 Å². The number of rotatable bonds is 2. The maximum absolute atomic E-state index is 10.8. The molecular weight excluding hydrogens is 112 g/mol. The van der Waals surface area contributed by atoms with E-state index in [1.165, 1.54) is 0 Å². The average Bonchev–Trinajstić information content (AvgIpc) is 1.62. The van der Waals surface area contributed by atoms with Crippen LogP contribution in [0, 0.1) is 12.3 Å². The van der Waals surface area contributed by atoms with E-state index in [-0.39, 0.29) is 11.2 Å². The number of carbonyl (C=O) groups excluding carboxylic acids is 1. The van der Waals surface area contributed by atoms with Crippen LogP contribution in [0.4, 0.5) is 0 Å². The molecule has 0 heterocycles. The summed E-state index contributed by atoms with van der Waals surface area (Å²) in [7, 11) is 0. The number of hydrogen-bond acceptors (Lipinski definition) is 1. The number of carbonyl (C=O) groups is 1. The van der Waals surface area contributed by atoms with E-state index in [1.54, 1.807) is 0 Å². The zero-order valence-corrected chi connectivity index (χ0v) is 6.53. The van der Waals surface area contributed by atoms with Crippen LogP contribution in [0.25, 0.3) is 0 Å². The fourth-order valence-corrected chi connectivity index (χ4v) is 0.680. The molecule has 0 atom stereocenters. The van der Waals surface area contributed by atoms with Crippen LogP contribution in [0.5, 0.6) is 0 Å². The lowest BCUT2D eigenvalue weighted by molar-refractivity contribution is -0.119. The third-order valence-electron chi connectivity index (χ3n) is 1.01. The van der Waals surface area contributed by atoms with Crippen LogP contribution in [-0.2, 0) is 4.79 Å². The van der Waals surface area contributed by atoms with Gasteiger partial charge in [0.2, 0.25) is 0 Å². The van der Waals surface area contributed by atoms with Crippen molar-refractivity contribution in [2.24, 2.45) is 5.41 Å². The van der Waals surface area contributed by atoms with Gasteiger partial charge >= 0.3 is 0 Å². The molecule has 0 aliphatic carbocycles. The molecule has 0 N–H and O–H groups in total. The summed E-state index contributed by atoms with van der Waals surface area (Å²) < 4.78 is 0. The van der Waals surface area contributed by atoms with Crippen molar-refractivity contribution in [2.45, 2.75) is 33.6 Å². The molecular formula is C8H15O. The zero-order chi connectivity index (χ0) is 7.49. The van der Waals surface area contributed by atoms with E-state index in [4.69, 9.17) is 0 Å². The molecule has 0 aromatic rings. The number of hydrogen-bond donors (Lipinski definition) is 0. The second kappa shape index (κ2) is 3.00. The molecule has 0 fully saturated rings. The first-order valence-electron chi connectivity index (χ1n) is 3.26. The summed E-state index contributed by atoms with van der Waals surface area (Å²) in [6.45, 7) is 9.69. The maximum atomic E-state index is 10.8. The van der Waals surface area contributed by atoms with Gasteiger partial charge in [-0.25, -0.2) is 0 Å². The largest absolute Gasteiger partial charge is 0.300 e. The smallest absolute Gasteiger partial charge is 0.133 e. The lowest BCUT2D eigenvalue weighted by Crippen LogP contribution is -2.11. The molecule has 0 spiro atoms. The SMILES string of the molecule is [CH2]CC(=O)CC(C)(C)C. The van der Waals surface area contributed by atoms with Crippen LogP contribution in [0.2, 0.25) is 0 Å². The van der Waals surface area contributed by atoms with Gasteiger partial charge in [-0.05, 0) is 12.3 Å². The van der Waals surface area contributed by atoms with Crippen molar-refractivity contribution in [1.82, 2.24) is 0 Å². The van der Waals surface area contributed by atoms with E-state index >= 15 is 0 Å². The molecule has 0 rings (SSSR count). The minimum absolute atomic E-state index is 0.134. The van der Waals surface area contributed by atoms with Gasteiger partial charge in [0.1, 0.15) is 5.78 Å². The molecule has 0 bridgehead atoms. The van der Waals surface area contributed by atoms with Crippen molar-refractivity contribution in [3.8, 4) is 0 Å². The Bertz CT molecular complexity index is 97.6. The van der Waals surface area contributed by atoms with Crippen LogP contribution in [-0.4, -0.2) is 5.78 Å². The summed E-state index contributed by atoms with van der Waals surface area (Å²) in [5.41, 5.74) is 0.134. The summed E-state index contributed by atoms with van der Waals surface area (Å²) in [6.07, 6.45) is 1.08. The first-order valence-corrected chi connectivity index (χ1v) is 3.26. The summed E-state index contributed by atoms with van der Waals surface area (Å²) in [4.78, 5) is 10.8. The van der Waals surface area contributed by atoms with Crippen molar-refractivity contribution in [3.63, 3.8) is 0 Å². The third-order valence-corrected chi connectivity index (χ3v) is 1.01. The number of ketones is 1. The normalized spacial score (nSPS) is 11.6. The van der Waals surface area contributed by atoms with E-state index in [9.17, 15) is 4.79 Å². The van der Waals surface area contributed by atoms with Gasteiger partial charge in [-0.3, -0.25) is 4.79 Å². The minimum atomic E-state index is 0.134. The van der Waals surface area contributed by atoms with Gasteiger partial charge in [0.25, 0.3) is 0 Å². The summed E-state index contributed by atoms with van der Waals surface area (Å²) in [5, 5.41) is 0. The predicted molar refractivity (Wildman–Crippen MR) is 39.1 cm³/mol. The highest BCUT2D eigenvalue weighted by Gasteiger charge is 2.13. The molecule has 1 heteroatoms. The van der Waals surface area contributed by atoms with E-state index in [1.807, 2.05) is 0 Å². The molecule has 53 valence electrons. The van der Waals surface area contributed by atoms with Crippen LogP contribution in [0.3, 0.4) is 0 Å².